The van der Waals surface area contributed by atoms with E-state index in [9.17, 15) is 4.79 Å². The van der Waals surface area contributed by atoms with Crippen molar-refractivity contribution >= 4 is 23.3 Å². The first kappa shape index (κ1) is 14.6. The number of rotatable bonds is 5. The average Bonchev–Trinajstić information content (AvgIpc) is 3.19. The Labute approximate surface area is 130 Å². The lowest BCUT2D eigenvalue weighted by Crippen LogP contribution is -2.37. The molecule has 6 heteroatoms. The molecule has 1 aliphatic heterocycles. The van der Waals surface area contributed by atoms with E-state index in [1.165, 1.54) is 12.8 Å². The van der Waals surface area contributed by atoms with Gasteiger partial charge in [-0.3, -0.25) is 9.69 Å². The molecule has 0 bridgehead atoms. The van der Waals surface area contributed by atoms with E-state index in [4.69, 9.17) is 11.6 Å². The maximum atomic E-state index is 12.4. The number of amides is 1. The van der Waals surface area contributed by atoms with Crippen LogP contribution in [0.15, 0.2) is 12.1 Å². The summed E-state index contributed by atoms with van der Waals surface area (Å²) in [6, 6.07) is 4.37. The van der Waals surface area contributed by atoms with Crippen molar-refractivity contribution in [3.63, 3.8) is 0 Å². The lowest BCUT2D eigenvalue weighted by Gasteiger charge is -2.16. The van der Waals surface area contributed by atoms with Crippen molar-refractivity contribution in [2.45, 2.75) is 38.3 Å². The molecule has 1 atom stereocenters. The second-order valence-electron chi connectivity index (χ2n) is 5.78. The first-order valence-electron chi connectivity index (χ1n) is 7.62. The average molecular weight is 309 g/mol. The van der Waals surface area contributed by atoms with Crippen LogP contribution in [0, 0.1) is 0 Å². The fourth-order valence-electron chi connectivity index (χ4n) is 2.84. The van der Waals surface area contributed by atoms with E-state index in [1.54, 1.807) is 12.1 Å². The molecule has 0 aromatic carbocycles. The van der Waals surface area contributed by atoms with E-state index in [-0.39, 0.29) is 11.9 Å². The molecule has 3 rings (SSSR count). The molecule has 21 heavy (non-hydrogen) atoms. The number of nitrogens with one attached hydrogen (secondary N) is 2. The van der Waals surface area contributed by atoms with E-state index in [1.807, 2.05) is 6.92 Å². The number of aromatic nitrogens is 1. The van der Waals surface area contributed by atoms with Gasteiger partial charge < -0.3 is 10.6 Å². The summed E-state index contributed by atoms with van der Waals surface area (Å²) in [5.74, 6) is 0.572. The minimum atomic E-state index is -0.0684. The summed E-state index contributed by atoms with van der Waals surface area (Å²) in [6.45, 7) is 4.78. The van der Waals surface area contributed by atoms with Gasteiger partial charge in [-0.25, -0.2) is 4.98 Å². The SMILES string of the molecule is CCNc1cc(C(=O)NC2CCN(C3CC3)C2)cc(Cl)n1. The minimum absolute atomic E-state index is 0.0684. The van der Waals surface area contributed by atoms with Gasteiger partial charge in [-0.05, 0) is 38.3 Å². The van der Waals surface area contributed by atoms with Crippen LogP contribution in [0.2, 0.25) is 5.15 Å². The highest BCUT2D eigenvalue weighted by atomic mass is 35.5. The van der Waals surface area contributed by atoms with Gasteiger partial charge in [-0.1, -0.05) is 11.6 Å². The number of hydrogen-bond donors (Lipinski definition) is 2. The van der Waals surface area contributed by atoms with Crippen LogP contribution in [-0.2, 0) is 0 Å². The monoisotopic (exact) mass is 308 g/mol. The van der Waals surface area contributed by atoms with Crippen LogP contribution in [0.4, 0.5) is 5.82 Å². The Balaban J connectivity index is 1.62. The van der Waals surface area contributed by atoms with Crippen molar-refractivity contribution in [2.75, 3.05) is 25.0 Å². The van der Waals surface area contributed by atoms with Crippen molar-refractivity contribution in [2.24, 2.45) is 0 Å². The molecule has 1 aromatic rings. The number of nitrogens with zero attached hydrogens (tertiary/aromatic N) is 2. The zero-order valence-electron chi connectivity index (χ0n) is 12.2. The maximum absolute atomic E-state index is 12.4. The highest BCUT2D eigenvalue weighted by Gasteiger charge is 2.34. The third-order valence-corrected chi connectivity index (χ3v) is 4.23. The van der Waals surface area contributed by atoms with Crippen LogP contribution in [-0.4, -0.2) is 47.5 Å². The fourth-order valence-corrected chi connectivity index (χ4v) is 3.05. The quantitative estimate of drug-likeness (QED) is 0.818. The summed E-state index contributed by atoms with van der Waals surface area (Å²) in [6.07, 6.45) is 3.65. The predicted octanol–water partition coefficient (Wildman–Crippen LogP) is 2.13. The number of likely N-dealkylation sites (tertiary alicyclic amines) is 1. The van der Waals surface area contributed by atoms with E-state index in [2.05, 4.69) is 20.5 Å². The fraction of sp³-hybridized carbons (Fsp3) is 0.600. The molecule has 114 valence electrons. The van der Waals surface area contributed by atoms with Gasteiger partial charge in [0.05, 0.1) is 0 Å². The molecule has 0 spiro atoms. The minimum Gasteiger partial charge on any atom is -0.370 e. The van der Waals surface area contributed by atoms with Crippen molar-refractivity contribution < 1.29 is 4.79 Å². The van der Waals surface area contributed by atoms with Gasteiger partial charge in [-0.15, -0.1) is 0 Å². The van der Waals surface area contributed by atoms with Crippen LogP contribution in [0.5, 0.6) is 0 Å². The van der Waals surface area contributed by atoms with Crippen molar-refractivity contribution in [1.29, 1.82) is 0 Å². The third kappa shape index (κ3) is 3.66. The lowest BCUT2D eigenvalue weighted by molar-refractivity contribution is 0.0937. The van der Waals surface area contributed by atoms with Crippen molar-refractivity contribution in [3.05, 3.63) is 22.8 Å². The number of pyridine rings is 1. The number of anilines is 1. The smallest absolute Gasteiger partial charge is 0.251 e. The second kappa shape index (κ2) is 6.20. The highest BCUT2D eigenvalue weighted by Crippen LogP contribution is 2.29. The van der Waals surface area contributed by atoms with E-state index < -0.39 is 0 Å². The van der Waals surface area contributed by atoms with Gasteiger partial charge in [0.15, 0.2) is 0 Å². The Bertz CT molecular complexity index is 532. The van der Waals surface area contributed by atoms with E-state index >= 15 is 0 Å². The van der Waals surface area contributed by atoms with Crippen LogP contribution in [0.25, 0.3) is 0 Å². The zero-order chi connectivity index (χ0) is 14.8. The Morgan fingerprint density at radius 3 is 2.95 bits per heavy atom. The predicted molar refractivity (Wildman–Crippen MR) is 83.9 cm³/mol. The second-order valence-corrected chi connectivity index (χ2v) is 6.17. The number of carbonyl (C=O) groups is 1. The Hall–Kier alpha value is -1.33. The topological polar surface area (TPSA) is 57.3 Å². The molecule has 2 N–H and O–H groups in total. The van der Waals surface area contributed by atoms with Gasteiger partial charge in [0.1, 0.15) is 11.0 Å². The molecule has 1 amide bonds. The molecule has 1 saturated heterocycles. The molecule has 1 aliphatic carbocycles. The molecule has 1 aromatic heterocycles. The third-order valence-electron chi connectivity index (χ3n) is 4.03. The molecule has 1 saturated carbocycles. The van der Waals surface area contributed by atoms with Gasteiger partial charge in [-0.2, -0.15) is 0 Å². The Morgan fingerprint density at radius 1 is 1.43 bits per heavy atom. The molecule has 5 nitrogen and oxygen atoms in total. The molecule has 1 unspecified atom stereocenters. The summed E-state index contributed by atoms with van der Waals surface area (Å²) in [5, 5.41) is 6.53. The van der Waals surface area contributed by atoms with Gasteiger partial charge >= 0.3 is 0 Å². The normalized spacial score (nSPS) is 22.3. The first-order chi connectivity index (χ1) is 10.2. The summed E-state index contributed by atoms with van der Waals surface area (Å²) in [7, 11) is 0. The van der Waals surface area contributed by atoms with Gasteiger partial charge in [0.25, 0.3) is 5.91 Å². The summed E-state index contributed by atoms with van der Waals surface area (Å²) in [4.78, 5) is 19.0. The van der Waals surface area contributed by atoms with Gasteiger partial charge in [0, 0.05) is 37.3 Å². The Kier molecular flexibility index (Phi) is 4.31. The Morgan fingerprint density at radius 2 is 2.24 bits per heavy atom. The number of halogens is 1. The first-order valence-corrected chi connectivity index (χ1v) is 8.00. The summed E-state index contributed by atoms with van der Waals surface area (Å²) in [5.41, 5.74) is 0.566. The molecule has 2 aliphatic rings. The van der Waals surface area contributed by atoms with Gasteiger partial charge in [0.2, 0.25) is 0 Å². The van der Waals surface area contributed by atoms with E-state index in [0.29, 0.717) is 16.5 Å². The number of carbonyl (C=O) groups excluding carboxylic acids is 1. The molecule has 2 fully saturated rings. The standard InChI is InChI=1S/C15H21ClN4O/c1-2-17-14-8-10(7-13(16)19-14)15(21)18-11-5-6-20(9-11)12-3-4-12/h7-8,11-12H,2-6,9H2,1H3,(H,17,19)(H,18,21). The highest BCUT2D eigenvalue weighted by molar-refractivity contribution is 6.29. The largest absolute Gasteiger partial charge is 0.370 e. The van der Waals surface area contributed by atoms with Crippen LogP contribution >= 0.6 is 11.6 Å². The molecular formula is C15H21ClN4O. The van der Waals surface area contributed by atoms with E-state index in [0.717, 1.165) is 32.1 Å². The van der Waals surface area contributed by atoms with Crippen LogP contribution in [0.1, 0.15) is 36.5 Å². The zero-order valence-corrected chi connectivity index (χ0v) is 13.0. The van der Waals surface area contributed by atoms with Crippen molar-refractivity contribution in [1.82, 2.24) is 15.2 Å². The summed E-state index contributed by atoms with van der Waals surface area (Å²) >= 11 is 5.98. The lowest BCUT2D eigenvalue weighted by atomic mass is 10.2. The molecular weight excluding hydrogens is 288 g/mol. The molecule has 2 heterocycles. The van der Waals surface area contributed by atoms with Crippen LogP contribution < -0.4 is 10.6 Å². The summed E-state index contributed by atoms with van der Waals surface area (Å²) < 4.78 is 0. The maximum Gasteiger partial charge on any atom is 0.251 e. The number of hydrogen-bond acceptors (Lipinski definition) is 4. The van der Waals surface area contributed by atoms with Crippen LogP contribution in [0.3, 0.4) is 0 Å². The van der Waals surface area contributed by atoms with Crippen molar-refractivity contribution in [3.8, 4) is 0 Å². The molecule has 0 radical (unpaired) electrons.